The van der Waals surface area contributed by atoms with E-state index in [1.54, 1.807) is 6.92 Å². The Morgan fingerprint density at radius 2 is 1.23 bits per heavy atom. The molecule has 0 amide bonds. The Hall–Kier alpha value is -2.49. The van der Waals surface area contributed by atoms with Gasteiger partial charge >= 0.3 is 23.7 Å². The lowest BCUT2D eigenvalue weighted by molar-refractivity contribution is -0.274. The molecular weight excluding hydrogens is 408 g/mol. The van der Waals surface area contributed by atoms with Crippen LogP contribution in [0.3, 0.4) is 0 Å². The van der Waals surface area contributed by atoms with E-state index in [4.69, 9.17) is 14.2 Å². The highest BCUT2D eigenvalue weighted by atomic mass is 16.8. The van der Waals surface area contributed by atoms with Crippen LogP contribution >= 0.6 is 0 Å². The summed E-state index contributed by atoms with van der Waals surface area (Å²) in [6.07, 6.45) is -0.911. The molecule has 9 nitrogen and oxygen atoms in total. The molecule has 0 rings (SSSR count). The maximum absolute atomic E-state index is 12.2. The highest BCUT2D eigenvalue weighted by Gasteiger charge is 2.49. The van der Waals surface area contributed by atoms with Gasteiger partial charge in [-0.25, -0.2) is 14.4 Å². The average molecular weight is 443 g/mol. The minimum absolute atomic E-state index is 0.0323. The number of carbonyl (C=O) groups is 3. The van der Waals surface area contributed by atoms with Crippen LogP contribution in [0.2, 0.25) is 0 Å². The number of carbonyl (C=O) groups excluding carboxylic acids is 3. The Labute approximate surface area is 183 Å². The number of hydrogen-bond donors (Lipinski definition) is 3. The zero-order valence-electron chi connectivity index (χ0n) is 18.7. The summed E-state index contributed by atoms with van der Waals surface area (Å²) in [6.45, 7) is 14.6. The topological polar surface area (TPSA) is 140 Å². The molecule has 0 aromatic carbocycles. The third-order valence-electron chi connectivity index (χ3n) is 4.55. The highest BCUT2D eigenvalue weighted by Crippen LogP contribution is 2.31. The van der Waals surface area contributed by atoms with Crippen molar-refractivity contribution in [3.8, 4) is 0 Å². The normalized spacial score (nSPS) is 12.5. The first-order valence-electron chi connectivity index (χ1n) is 9.74. The molecule has 0 spiro atoms. The summed E-state index contributed by atoms with van der Waals surface area (Å²) in [7, 11) is 0. The van der Waals surface area contributed by atoms with Crippen molar-refractivity contribution in [1.82, 2.24) is 0 Å². The first-order chi connectivity index (χ1) is 14.3. The van der Waals surface area contributed by atoms with Crippen LogP contribution in [0, 0.1) is 5.41 Å². The Balaban J connectivity index is 6.12. The Bertz CT molecular complexity index is 676. The molecule has 0 aliphatic rings. The molecule has 0 fully saturated rings. The summed E-state index contributed by atoms with van der Waals surface area (Å²) < 4.78 is 15.9. The second-order valence-corrected chi connectivity index (χ2v) is 8.00. The molecule has 0 bridgehead atoms. The fourth-order valence-electron chi connectivity index (χ4n) is 2.33. The smallest absolute Gasteiger partial charge is 0.336 e. The minimum atomic E-state index is -2.37. The lowest BCUT2D eigenvalue weighted by Gasteiger charge is -2.37. The number of ether oxygens (including phenoxy) is 3. The molecule has 0 heterocycles. The molecule has 0 aromatic rings. The van der Waals surface area contributed by atoms with Crippen LogP contribution in [0.25, 0.3) is 0 Å². The van der Waals surface area contributed by atoms with Crippen LogP contribution in [0.4, 0.5) is 0 Å². The molecule has 0 saturated heterocycles. The Kier molecular flexibility index (Phi) is 11.4. The quantitative estimate of drug-likeness (QED) is 0.208. The van der Waals surface area contributed by atoms with E-state index in [2.05, 4.69) is 19.7 Å². The predicted octanol–water partition coefficient (Wildman–Crippen LogP) is 1.56. The summed E-state index contributed by atoms with van der Waals surface area (Å²) >= 11 is 0. The first-order valence-corrected chi connectivity index (χ1v) is 9.74. The highest BCUT2D eigenvalue weighted by molar-refractivity contribution is 5.89. The largest absolute Gasteiger partial charge is 0.451 e. The van der Waals surface area contributed by atoms with E-state index in [-0.39, 0.29) is 42.8 Å². The van der Waals surface area contributed by atoms with E-state index in [0.29, 0.717) is 6.42 Å². The van der Waals surface area contributed by atoms with Crippen LogP contribution in [0.1, 0.15) is 47.0 Å². The van der Waals surface area contributed by atoms with E-state index in [1.807, 2.05) is 0 Å². The van der Waals surface area contributed by atoms with E-state index in [1.165, 1.54) is 20.8 Å². The van der Waals surface area contributed by atoms with E-state index in [0.717, 1.165) is 0 Å². The van der Waals surface area contributed by atoms with Gasteiger partial charge in [0.05, 0.1) is 13.2 Å². The van der Waals surface area contributed by atoms with Gasteiger partial charge in [-0.3, -0.25) is 0 Å². The number of hydrogen-bond acceptors (Lipinski definition) is 9. The van der Waals surface area contributed by atoms with Gasteiger partial charge in [-0.1, -0.05) is 26.7 Å². The molecule has 31 heavy (non-hydrogen) atoms. The molecule has 176 valence electrons. The number of aliphatic hydroxyl groups is 3. The maximum Gasteiger partial charge on any atom is 0.336 e. The lowest BCUT2D eigenvalue weighted by atomic mass is 9.85. The third-order valence-corrected chi connectivity index (χ3v) is 4.55. The van der Waals surface area contributed by atoms with Gasteiger partial charge in [0.25, 0.3) is 0 Å². The molecule has 0 saturated carbocycles. The van der Waals surface area contributed by atoms with Gasteiger partial charge in [-0.15, -0.1) is 0 Å². The van der Waals surface area contributed by atoms with Crippen molar-refractivity contribution >= 4 is 17.9 Å². The van der Waals surface area contributed by atoms with Gasteiger partial charge in [0.1, 0.15) is 6.61 Å². The summed E-state index contributed by atoms with van der Waals surface area (Å²) in [5.41, 5.74) is -0.859. The lowest BCUT2D eigenvalue weighted by Crippen LogP contribution is -2.55. The summed E-state index contributed by atoms with van der Waals surface area (Å²) in [4.78, 5) is 36.7. The molecule has 1 unspecified atom stereocenters. The van der Waals surface area contributed by atoms with E-state index < -0.39 is 41.8 Å². The van der Waals surface area contributed by atoms with Crippen LogP contribution < -0.4 is 0 Å². The fourth-order valence-corrected chi connectivity index (χ4v) is 2.33. The number of aliphatic hydroxyl groups excluding tert-OH is 3. The average Bonchev–Trinajstić information content (AvgIpc) is 2.71. The van der Waals surface area contributed by atoms with Crippen molar-refractivity contribution in [2.45, 2.75) is 58.8 Å². The van der Waals surface area contributed by atoms with Crippen molar-refractivity contribution in [2.75, 3.05) is 19.8 Å². The van der Waals surface area contributed by atoms with E-state index in [9.17, 15) is 29.7 Å². The van der Waals surface area contributed by atoms with Crippen LogP contribution in [-0.4, -0.2) is 64.9 Å². The van der Waals surface area contributed by atoms with Gasteiger partial charge in [-0.2, -0.15) is 0 Å². The van der Waals surface area contributed by atoms with Crippen LogP contribution in [0.5, 0.6) is 0 Å². The van der Waals surface area contributed by atoms with Gasteiger partial charge in [0, 0.05) is 22.1 Å². The van der Waals surface area contributed by atoms with Crippen molar-refractivity contribution in [1.29, 1.82) is 0 Å². The molecule has 0 aliphatic heterocycles. The van der Waals surface area contributed by atoms with Crippen molar-refractivity contribution in [3.05, 3.63) is 36.5 Å². The molecule has 0 aromatic heterocycles. The van der Waals surface area contributed by atoms with Crippen LogP contribution in [0.15, 0.2) is 36.5 Å². The molecule has 1 atom stereocenters. The van der Waals surface area contributed by atoms with Crippen molar-refractivity contribution in [2.24, 2.45) is 5.41 Å². The van der Waals surface area contributed by atoms with Gasteiger partial charge < -0.3 is 29.5 Å². The minimum Gasteiger partial charge on any atom is -0.451 e. The standard InChI is InChI=1S/C22H34O9/c1-14(2)18(26)29-17(9-8-10-21(7,11-23)12-24)22(13-25,30-19(27)15(3)4)31-20(28)16(5)6/h17,23-25H,1,3,5,8-13H2,2,4,6-7H3. The summed E-state index contributed by atoms with van der Waals surface area (Å²) in [5, 5.41) is 29.1. The predicted molar refractivity (Wildman–Crippen MR) is 112 cm³/mol. The number of rotatable bonds is 14. The second kappa shape index (κ2) is 12.4. The van der Waals surface area contributed by atoms with Crippen molar-refractivity contribution in [3.63, 3.8) is 0 Å². The van der Waals surface area contributed by atoms with E-state index >= 15 is 0 Å². The SMILES string of the molecule is C=C(C)C(=O)OC(CCCC(C)(CO)CO)C(CO)(OC(=O)C(=C)C)OC(=O)C(=C)C. The van der Waals surface area contributed by atoms with Gasteiger partial charge in [-0.05, 0) is 40.0 Å². The first kappa shape index (κ1) is 28.5. The number of esters is 3. The zero-order valence-corrected chi connectivity index (χ0v) is 18.7. The Morgan fingerprint density at radius 1 is 0.806 bits per heavy atom. The van der Waals surface area contributed by atoms with Crippen molar-refractivity contribution < 1.29 is 43.9 Å². The Morgan fingerprint density at radius 3 is 1.55 bits per heavy atom. The monoisotopic (exact) mass is 442 g/mol. The molecular formula is C22H34O9. The van der Waals surface area contributed by atoms with Gasteiger partial charge in [0.15, 0.2) is 6.10 Å². The molecule has 3 N–H and O–H groups in total. The summed E-state index contributed by atoms with van der Waals surface area (Å²) in [6, 6.07) is 0. The molecule has 0 aliphatic carbocycles. The summed E-state index contributed by atoms with van der Waals surface area (Å²) in [5.74, 6) is -5.18. The zero-order chi connectivity index (χ0) is 24.4. The van der Waals surface area contributed by atoms with Crippen LogP contribution in [-0.2, 0) is 28.6 Å². The molecule has 9 heteroatoms. The molecule has 0 radical (unpaired) electrons. The fraction of sp³-hybridized carbons (Fsp3) is 0.591. The maximum atomic E-state index is 12.2. The third kappa shape index (κ3) is 8.64. The van der Waals surface area contributed by atoms with Gasteiger partial charge in [0.2, 0.25) is 0 Å². The second-order valence-electron chi connectivity index (χ2n) is 8.00.